The number of carboxylic acids is 1. The molecule has 0 bridgehead atoms. The van der Waals surface area contributed by atoms with Crippen molar-refractivity contribution in [3.8, 4) is 0 Å². The predicted octanol–water partition coefficient (Wildman–Crippen LogP) is 3.22. The first-order chi connectivity index (χ1) is 11.9. The molecule has 144 valence electrons. The lowest BCUT2D eigenvalue weighted by molar-refractivity contribution is -0.140. The summed E-state index contributed by atoms with van der Waals surface area (Å²) >= 11 is 0. The van der Waals surface area contributed by atoms with Crippen LogP contribution in [0.1, 0.15) is 26.3 Å². The number of ether oxygens (including phenoxy) is 1. The van der Waals surface area contributed by atoms with E-state index in [0.29, 0.717) is 5.69 Å². The number of hydrogen-bond donors (Lipinski definition) is 1. The number of alkyl halides is 3. The van der Waals surface area contributed by atoms with E-state index in [1.54, 1.807) is 20.8 Å². The summed E-state index contributed by atoms with van der Waals surface area (Å²) in [5.41, 5.74) is -1.16. The van der Waals surface area contributed by atoms with Gasteiger partial charge in [0.15, 0.2) is 0 Å². The second-order valence-electron chi connectivity index (χ2n) is 7.02. The number of aliphatic carboxylic acids is 1. The Hall–Kier alpha value is -2.45. The summed E-state index contributed by atoms with van der Waals surface area (Å²) in [6, 6.07) is 3.22. The number of amides is 1. The summed E-state index contributed by atoms with van der Waals surface area (Å²) in [6.07, 6.45) is -5.07. The normalized spacial score (nSPS) is 18.6. The Labute approximate surface area is 149 Å². The molecule has 1 heterocycles. The molecule has 1 aromatic rings. The zero-order chi connectivity index (χ0) is 19.7. The maximum Gasteiger partial charge on any atom is 0.416 e. The monoisotopic (exact) mass is 374 g/mol. The van der Waals surface area contributed by atoms with Gasteiger partial charge in [-0.25, -0.2) is 9.59 Å². The van der Waals surface area contributed by atoms with Crippen LogP contribution in [-0.4, -0.2) is 53.3 Å². The SMILES string of the molecule is CC(C)(C)OC(=O)N1CCN(c2ccc(C(F)(F)F)cc2)C(C(=O)O)C1. The zero-order valence-corrected chi connectivity index (χ0v) is 14.7. The Bertz CT molecular complexity index is 668. The summed E-state index contributed by atoms with van der Waals surface area (Å²) in [7, 11) is 0. The molecule has 2 rings (SSSR count). The highest BCUT2D eigenvalue weighted by atomic mass is 19.4. The van der Waals surface area contributed by atoms with Crippen LogP contribution in [0.5, 0.6) is 0 Å². The van der Waals surface area contributed by atoms with Gasteiger partial charge in [0.25, 0.3) is 0 Å². The Balaban J connectivity index is 2.16. The van der Waals surface area contributed by atoms with Crippen LogP contribution >= 0.6 is 0 Å². The van der Waals surface area contributed by atoms with Crippen molar-refractivity contribution in [2.45, 2.75) is 38.6 Å². The molecule has 9 heteroatoms. The first kappa shape index (κ1) is 19.9. The molecule has 1 aliphatic rings. The van der Waals surface area contributed by atoms with Gasteiger partial charge >= 0.3 is 18.2 Å². The molecule has 1 atom stereocenters. The first-order valence-corrected chi connectivity index (χ1v) is 8.03. The van der Waals surface area contributed by atoms with Gasteiger partial charge in [-0.3, -0.25) is 0 Å². The average Bonchev–Trinajstić information content (AvgIpc) is 2.52. The highest BCUT2D eigenvalue weighted by Gasteiger charge is 2.36. The number of hydrogen-bond acceptors (Lipinski definition) is 4. The van der Waals surface area contributed by atoms with Crippen molar-refractivity contribution in [1.29, 1.82) is 0 Å². The van der Waals surface area contributed by atoms with E-state index in [0.717, 1.165) is 12.1 Å². The molecule has 0 saturated carbocycles. The summed E-state index contributed by atoms with van der Waals surface area (Å²) < 4.78 is 43.3. The molecule has 1 unspecified atom stereocenters. The van der Waals surface area contributed by atoms with Crippen LogP contribution in [0.15, 0.2) is 24.3 Å². The number of carbonyl (C=O) groups excluding carboxylic acids is 1. The maximum atomic E-state index is 12.7. The minimum Gasteiger partial charge on any atom is -0.480 e. The number of rotatable bonds is 2. The zero-order valence-electron chi connectivity index (χ0n) is 14.7. The maximum absolute atomic E-state index is 12.7. The van der Waals surface area contributed by atoms with Crippen molar-refractivity contribution in [1.82, 2.24) is 4.90 Å². The van der Waals surface area contributed by atoms with Crippen molar-refractivity contribution in [3.05, 3.63) is 29.8 Å². The fraction of sp³-hybridized carbons (Fsp3) is 0.529. The van der Waals surface area contributed by atoms with E-state index in [-0.39, 0.29) is 19.6 Å². The van der Waals surface area contributed by atoms with Gasteiger partial charge in [0.05, 0.1) is 12.1 Å². The van der Waals surface area contributed by atoms with Gasteiger partial charge in [0.2, 0.25) is 0 Å². The van der Waals surface area contributed by atoms with Gasteiger partial charge < -0.3 is 19.6 Å². The van der Waals surface area contributed by atoms with Gasteiger partial charge in [0, 0.05) is 18.8 Å². The van der Waals surface area contributed by atoms with Crippen LogP contribution in [0.3, 0.4) is 0 Å². The molecule has 1 N–H and O–H groups in total. The molecule has 0 aromatic heterocycles. The number of nitrogens with zero attached hydrogens (tertiary/aromatic N) is 2. The summed E-state index contributed by atoms with van der Waals surface area (Å²) in [5.74, 6) is -1.17. The van der Waals surface area contributed by atoms with E-state index >= 15 is 0 Å². The molecule has 1 fully saturated rings. The minimum atomic E-state index is -4.46. The minimum absolute atomic E-state index is 0.120. The third-order valence-corrected chi connectivity index (χ3v) is 3.84. The van der Waals surface area contributed by atoms with E-state index < -0.39 is 35.4 Å². The van der Waals surface area contributed by atoms with E-state index in [9.17, 15) is 27.9 Å². The van der Waals surface area contributed by atoms with Crippen LogP contribution in [0.2, 0.25) is 0 Å². The van der Waals surface area contributed by atoms with Crippen LogP contribution < -0.4 is 4.90 Å². The molecule has 26 heavy (non-hydrogen) atoms. The van der Waals surface area contributed by atoms with Crippen molar-refractivity contribution in [2.24, 2.45) is 0 Å². The first-order valence-electron chi connectivity index (χ1n) is 8.03. The molecule has 0 spiro atoms. The van der Waals surface area contributed by atoms with E-state index in [2.05, 4.69) is 0 Å². The lowest BCUT2D eigenvalue weighted by atomic mass is 10.1. The quantitative estimate of drug-likeness (QED) is 0.861. The third kappa shape index (κ3) is 4.80. The van der Waals surface area contributed by atoms with Gasteiger partial charge in [-0.05, 0) is 45.0 Å². The van der Waals surface area contributed by atoms with Crippen LogP contribution in [0.25, 0.3) is 0 Å². The Morgan fingerprint density at radius 1 is 1.12 bits per heavy atom. The van der Waals surface area contributed by atoms with Gasteiger partial charge in [-0.15, -0.1) is 0 Å². The number of benzene rings is 1. The van der Waals surface area contributed by atoms with E-state index in [1.165, 1.54) is 21.9 Å². The molecule has 1 amide bonds. The van der Waals surface area contributed by atoms with E-state index in [1.807, 2.05) is 0 Å². The molecule has 6 nitrogen and oxygen atoms in total. The molecule has 0 aliphatic carbocycles. The lowest BCUT2D eigenvalue weighted by Gasteiger charge is -2.40. The van der Waals surface area contributed by atoms with Crippen LogP contribution in [-0.2, 0) is 15.7 Å². The molecule has 0 radical (unpaired) electrons. The van der Waals surface area contributed by atoms with Gasteiger partial charge in [-0.2, -0.15) is 13.2 Å². The third-order valence-electron chi connectivity index (χ3n) is 3.84. The Morgan fingerprint density at radius 2 is 1.69 bits per heavy atom. The topological polar surface area (TPSA) is 70.1 Å². The summed E-state index contributed by atoms with van der Waals surface area (Å²) in [5, 5.41) is 9.49. The Kier molecular flexibility index (Phi) is 5.39. The van der Waals surface area contributed by atoms with Crippen molar-refractivity contribution in [2.75, 3.05) is 24.5 Å². The number of carboxylic acid groups (broad SMARTS) is 1. The molecule has 1 aliphatic heterocycles. The number of anilines is 1. The fourth-order valence-electron chi connectivity index (χ4n) is 2.64. The van der Waals surface area contributed by atoms with E-state index in [4.69, 9.17) is 4.74 Å². The predicted molar refractivity (Wildman–Crippen MR) is 88.0 cm³/mol. The number of halogens is 3. The van der Waals surface area contributed by atoms with Crippen molar-refractivity contribution < 1.29 is 32.6 Å². The Morgan fingerprint density at radius 3 is 2.15 bits per heavy atom. The van der Waals surface area contributed by atoms with Crippen molar-refractivity contribution in [3.63, 3.8) is 0 Å². The lowest BCUT2D eigenvalue weighted by Crippen LogP contribution is -2.58. The van der Waals surface area contributed by atoms with Crippen LogP contribution in [0.4, 0.5) is 23.7 Å². The fourth-order valence-corrected chi connectivity index (χ4v) is 2.64. The van der Waals surface area contributed by atoms with Gasteiger partial charge in [-0.1, -0.05) is 0 Å². The number of carbonyl (C=O) groups is 2. The molecular formula is C17H21F3N2O4. The van der Waals surface area contributed by atoms with Gasteiger partial charge in [0.1, 0.15) is 11.6 Å². The smallest absolute Gasteiger partial charge is 0.416 e. The largest absolute Gasteiger partial charge is 0.480 e. The van der Waals surface area contributed by atoms with Crippen molar-refractivity contribution >= 4 is 17.7 Å². The molecular weight excluding hydrogens is 353 g/mol. The molecule has 1 aromatic carbocycles. The second-order valence-corrected chi connectivity index (χ2v) is 7.02. The van der Waals surface area contributed by atoms with Crippen LogP contribution in [0, 0.1) is 0 Å². The highest BCUT2D eigenvalue weighted by molar-refractivity contribution is 5.80. The standard InChI is InChI=1S/C17H21F3N2O4/c1-16(2,3)26-15(25)21-8-9-22(13(10-21)14(23)24)12-6-4-11(5-7-12)17(18,19)20/h4-7,13H,8-10H2,1-3H3,(H,23,24). The number of piperazine rings is 1. The highest BCUT2D eigenvalue weighted by Crippen LogP contribution is 2.31. The second kappa shape index (κ2) is 7.05. The summed E-state index contributed by atoms with van der Waals surface area (Å²) in [6.45, 7) is 5.38. The average molecular weight is 374 g/mol. The molecule has 1 saturated heterocycles. The summed E-state index contributed by atoms with van der Waals surface area (Å²) in [4.78, 5) is 26.5.